The third-order valence-electron chi connectivity index (χ3n) is 2.63. The van der Waals surface area contributed by atoms with Crippen LogP contribution < -0.4 is 5.73 Å². The molecule has 0 aromatic heterocycles. The molecule has 2 unspecified atom stereocenters. The molecule has 0 aliphatic heterocycles. The van der Waals surface area contributed by atoms with Crippen LogP contribution in [0.5, 0.6) is 0 Å². The summed E-state index contributed by atoms with van der Waals surface area (Å²) in [5, 5.41) is 28.0. The number of aliphatic hydroxyl groups excluding tert-OH is 2. The van der Waals surface area contributed by atoms with E-state index in [-0.39, 0.29) is 0 Å². The number of anilines is 1. The summed E-state index contributed by atoms with van der Waals surface area (Å²) in [6.07, 6.45) is -3.17. The number of aliphatic hydroxyl groups is 2. The van der Waals surface area contributed by atoms with Crippen molar-refractivity contribution in [2.24, 2.45) is 0 Å². The number of carboxylic acids is 1. The maximum Gasteiger partial charge on any atom is 0.306 e. The van der Waals surface area contributed by atoms with Gasteiger partial charge in [0.05, 0.1) is 12.5 Å². The first-order chi connectivity index (χ1) is 7.82. The van der Waals surface area contributed by atoms with Crippen LogP contribution in [-0.2, 0) is 4.79 Å². The maximum atomic E-state index is 10.5. The SMILES string of the molecule is Cc1cc(C)c(N)c(C(O)C(O)CC(=O)O)c1. The molecule has 5 nitrogen and oxygen atoms in total. The second kappa shape index (κ2) is 5.16. The van der Waals surface area contributed by atoms with Crippen molar-refractivity contribution in [3.8, 4) is 0 Å². The van der Waals surface area contributed by atoms with Crippen LogP contribution in [0.1, 0.15) is 29.2 Å². The first-order valence-electron chi connectivity index (χ1n) is 5.27. The fourth-order valence-electron chi connectivity index (χ4n) is 1.75. The molecular weight excluding hydrogens is 222 g/mol. The lowest BCUT2D eigenvalue weighted by atomic mass is 9.96. The number of nitrogens with two attached hydrogens (primary N) is 1. The van der Waals surface area contributed by atoms with Gasteiger partial charge in [-0.05, 0) is 19.4 Å². The predicted octanol–water partition coefficient (Wildman–Crippen LogP) is 0.755. The Morgan fingerprint density at radius 3 is 2.47 bits per heavy atom. The van der Waals surface area contributed by atoms with Gasteiger partial charge in [0.25, 0.3) is 0 Å². The maximum absolute atomic E-state index is 10.5. The molecule has 1 rings (SSSR count). The highest BCUT2D eigenvalue weighted by Gasteiger charge is 2.23. The Hall–Kier alpha value is -1.59. The summed E-state index contributed by atoms with van der Waals surface area (Å²) >= 11 is 0. The number of aryl methyl sites for hydroxylation is 2. The molecule has 0 amide bonds. The van der Waals surface area contributed by atoms with E-state index in [9.17, 15) is 15.0 Å². The van der Waals surface area contributed by atoms with Crippen LogP contribution in [0.3, 0.4) is 0 Å². The van der Waals surface area contributed by atoms with Gasteiger partial charge in [-0.2, -0.15) is 0 Å². The van der Waals surface area contributed by atoms with Crippen molar-refractivity contribution < 1.29 is 20.1 Å². The first kappa shape index (κ1) is 13.5. The second-order valence-corrected chi connectivity index (χ2v) is 4.19. The monoisotopic (exact) mass is 239 g/mol. The molecule has 0 radical (unpaired) electrons. The third-order valence-corrected chi connectivity index (χ3v) is 2.63. The first-order valence-corrected chi connectivity index (χ1v) is 5.27. The van der Waals surface area contributed by atoms with Crippen LogP contribution in [0.15, 0.2) is 12.1 Å². The highest BCUT2D eigenvalue weighted by atomic mass is 16.4. The summed E-state index contributed by atoms with van der Waals surface area (Å²) in [6.45, 7) is 3.63. The molecule has 0 saturated carbocycles. The zero-order valence-corrected chi connectivity index (χ0v) is 9.84. The summed E-state index contributed by atoms with van der Waals surface area (Å²) in [6, 6.07) is 3.51. The molecule has 1 aromatic carbocycles. The van der Waals surface area contributed by atoms with E-state index in [2.05, 4.69) is 0 Å². The molecule has 2 atom stereocenters. The van der Waals surface area contributed by atoms with Gasteiger partial charge in [-0.15, -0.1) is 0 Å². The van der Waals surface area contributed by atoms with Crippen LogP contribution in [0, 0.1) is 13.8 Å². The fourth-order valence-corrected chi connectivity index (χ4v) is 1.75. The molecule has 17 heavy (non-hydrogen) atoms. The Kier molecular flexibility index (Phi) is 4.09. The molecule has 0 aliphatic carbocycles. The van der Waals surface area contributed by atoms with Gasteiger partial charge in [0.2, 0.25) is 0 Å². The normalized spacial score (nSPS) is 14.4. The Balaban J connectivity index is 3.03. The second-order valence-electron chi connectivity index (χ2n) is 4.19. The molecule has 0 saturated heterocycles. The van der Waals surface area contributed by atoms with E-state index in [0.717, 1.165) is 11.1 Å². The highest BCUT2D eigenvalue weighted by Crippen LogP contribution is 2.28. The van der Waals surface area contributed by atoms with Gasteiger partial charge in [-0.1, -0.05) is 17.7 Å². The summed E-state index contributed by atoms with van der Waals surface area (Å²) in [5.74, 6) is -1.17. The fraction of sp³-hybridized carbons (Fsp3) is 0.417. The minimum Gasteiger partial charge on any atom is -0.481 e. The van der Waals surface area contributed by atoms with Crippen LogP contribution in [0.4, 0.5) is 5.69 Å². The van der Waals surface area contributed by atoms with Gasteiger partial charge in [-0.3, -0.25) is 4.79 Å². The van der Waals surface area contributed by atoms with E-state index in [1.807, 2.05) is 13.0 Å². The number of nitrogen functional groups attached to an aromatic ring is 1. The van der Waals surface area contributed by atoms with Crippen molar-refractivity contribution in [2.45, 2.75) is 32.5 Å². The predicted molar refractivity (Wildman–Crippen MR) is 63.5 cm³/mol. The molecular formula is C12H17NO4. The highest BCUT2D eigenvalue weighted by molar-refractivity contribution is 5.67. The lowest BCUT2D eigenvalue weighted by Gasteiger charge is -2.20. The number of benzene rings is 1. The average molecular weight is 239 g/mol. The summed E-state index contributed by atoms with van der Waals surface area (Å²) < 4.78 is 0. The molecule has 0 fully saturated rings. The minimum atomic E-state index is -1.36. The van der Waals surface area contributed by atoms with Crippen molar-refractivity contribution in [3.63, 3.8) is 0 Å². The van der Waals surface area contributed by atoms with Crippen molar-refractivity contribution in [1.29, 1.82) is 0 Å². The van der Waals surface area contributed by atoms with Crippen molar-refractivity contribution in [1.82, 2.24) is 0 Å². The molecule has 5 heteroatoms. The topological polar surface area (TPSA) is 104 Å². The van der Waals surface area contributed by atoms with Gasteiger partial charge in [0.1, 0.15) is 6.10 Å². The lowest BCUT2D eigenvalue weighted by molar-refractivity contribution is -0.141. The van der Waals surface area contributed by atoms with E-state index in [1.165, 1.54) is 0 Å². The molecule has 5 N–H and O–H groups in total. The number of aliphatic carboxylic acids is 1. The Bertz CT molecular complexity index is 431. The van der Waals surface area contributed by atoms with E-state index >= 15 is 0 Å². The van der Waals surface area contributed by atoms with Crippen molar-refractivity contribution in [2.75, 3.05) is 5.73 Å². The minimum absolute atomic E-state index is 0.372. The van der Waals surface area contributed by atoms with Gasteiger partial charge in [0.15, 0.2) is 0 Å². The Labute approximate surface area is 99.5 Å². The molecule has 0 spiro atoms. The smallest absolute Gasteiger partial charge is 0.306 e. The Morgan fingerprint density at radius 1 is 1.35 bits per heavy atom. The number of carbonyl (C=O) groups is 1. The summed E-state index contributed by atoms with van der Waals surface area (Å²) in [7, 11) is 0. The summed E-state index contributed by atoms with van der Waals surface area (Å²) in [4.78, 5) is 10.5. The number of hydrogen-bond donors (Lipinski definition) is 4. The van der Waals surface area contributed by atoms with Crippen LogP contribution in [0.25, 0.3) is 0 Å². The van der Waals surface area contributed by atoms with E-state index in [1.54, 1.807) is 13.0 Å². The van der Waals surface area contributed by atoms with E-state index in [0.29, 0.717) is 11.3 Å². The largest absolute Gasteiger partial charge is 0.481 e. The van der Waals surface area contributed by atoms with Gasteiger partial charge in [-0.25, -0.2) is 0 Å². The average Bonchev–Trinajstić information content (AvgIpc) is 2.21. The number of rotatable bonds is 4. The summed E-state index contributed by atoms with van der Waals surface area (Å²) in [5.41, 5.74) is 8.25. The van der Waals surface area contributed by atoms with Crippen LogP contribution in [0.2, 0.25) is 0 Å². The van der Waals surface area contributed by atoms with Gasteiger partial charge in [0, 0.05) is 11.3 Å². The molecule has 0 bridgehead atoms. The zero-order chi connectivity index (χ0) is 13.2. The molecule has 0 aliphatic rings. The molecule has 1 aromatic rings. The van der Waals surface area contributed by atoms with E-state index < -0.39 is 24.6 Å². The Morgan fingerprint density at radius 2 is 1.94 bits per heavy atom. The number of carboxylic acid groups (broad SMARTS) is 1. The lowest BCUT2D eigenvalue weighted by Crippen LogP contribution is -2.23. The number of hydrogen-bond acceptors (Lipinski definition) is 4. The van der Waals surface area contributed by atoms with Crippen LogP contribution in [-0.4, -0.2) is 27.4 Å². The van der Waals surface area contributed by atoms with Gasteiger partial charge < -0.3 is 21.1 Å². The van der Waals surface area contributed by atoms with Crippen molar-refractivity contribution in [3.05, 3.63) is 28.8 Å². The standard InChI is InChI=1S/C12H17NO4/c1-6-3-7(2)11(13)8(4-6)12(17)9(14)5-10(15)16/h3-4,9,12,14,17H,5,13H2,1-2H3,(H,15,16). The zero-order valence-electron chi connectivity index (χ0n) is 9.84. The van der Waals surface area contributed by atoms with Crippen LogP contribution >= 0.6 is 0 Å². The third kappa shape index (κ3) is 3.18. The molecule has 0 heterocycles. The molecule has 94 valence electrons. The van der Waals surface area contributed by atoms with E-state index in [4.69, 9.17) is 10.8 Å². The quantitative estimate of drug-likeness (QED) is 0.580. The van der Waals surface area contributed by atoms with Crippen molar-refractivity contribution >= 4 is 11.7 Å². The van der Waals surface area contributed by atoms with Gasteiger partial charge >= 0.3 is 5.97 Å².